The van der Waals surface area contributed by atoms with Gasteiger partial charge >= 0.3 is 0 Å². The van der Waals surface area contributed by atoms with Crippen LogP contribution in [0, 0.1) is 0 Å². The van der Waals surface area contributed by atoms with Crippen molar-refractivity contribution in [1.82, 2.24) is 9.78 Å². The second kappa shape index (κ2) is 7.74. The van der Waals surface area contributed by atoms with Crippen molar-refractivity contribution in [1.29, 1.82) is 0 Å². The van der Waals surface area contributed by atoms with Gasteiger partial charge in [-0.25, -0.2) is 0 Å². The molecule has 0 radical (unpaired) electrons. The number of furan rings is 1. The maximum atomic E-state index is 12.5. The van der Waals surface area contributed by atoms with Gasteiger partial charge in [0.25, 0.3) is 5.56 Å². The zero-order valence-corrected chi connectivity index (χ0v) is 14.5. The molecular weight excluding hydrogens is 365 g/mol. The van der Waals surface area contributed by atoms with E-state index in [1.165, 1.54) is 10.9 Å². The molecule has 0 bridgehead atoms. The van der Waals surface area contributed by atoms with Crippen molar-refractivity contribution in [2.75, 3.05) is 11.9 Å². The SMILES string of the molecule is O=c1c(Cl)c(NC(CCO)c2ccco2)cnn1-c1ccc(Cl)cc1. The number of anilines is 1. The van der Waals surface area contributed by atoms with Crippen molar-refractivity contribution in [2.24, 2.45) is 0 Å². The van der Waals surface area contributed by atoms with Crippen LogP contribution in [0.3, 0.4) is 0 Å². The lowest BCUT2D eigenvalue weighted by Crippen LogP contribution is -2.23. The standard InChI is InChI=1S/C17H15Cl2N3O3/c18-11-3-5-12(6-4-11)22-17(24)16(19)14(10-20-22)21-13(7-8-23)15-2-1-9-25-15/h1-6,9-10,13,21,23H,7-8H2. The number of hydrogen-bond acceptors (Lipinski definition) is 5. The van der Waals surface area contributed by atoms with E-state index in [0.29, 0.717) is 28.6 Å². The predicted molar refractivity (Wildman–Crippen MR) is 96.6 cm³/mol. The first kappa shape index (κ1) is 17.5. The summed E-state index contributed by atoms with van der Waals surface area (Å²) in [6.07, 6.45) is 3.40. The molecule has 0 amide bonds. The number of halogens is 2. The average molecular weight is 380 g/mol. The summed E-state index contributed by atoms with van der Waals surface area (Å²) in [5, 5.41) is 17.1. The second-order valence-corrected chi connectivity index (χ2v) is 6.10. The lowest BCUT2D eigenvalue weighted by Gasteiger charge is -2.18. The fraction of sp³-hybridized carbons (Fsp3) is 0.176. The van der Waals surface area contributed by atoms with Crippen molar-refractivity contribution in [3.8, 4) is 5.69 Å². The zero-order valence-electron chi connectivity index (χ0n) is 13.0. The molecule has 6 nitrogen and oxygen atoms in total. The number of rotatable bonds is 6. The Bertz CT molecular complexity index is 893. The minimum atomic E-state index is -0.462. The van der Waals surface area contributed by atoms with Crippen molar-refractivity contribution < 1.29 is 9.52 Å². The largest absolute Gasteiger partial charge is 0.467 e. The molecule has 8 heteroatoms. The molecule has 3 aromatic rings. The summed E-state index contributed by atoms with van der Waals surface area (Å²) >= 11 is 12.1. The summed E-state index contributed by atoms with van der Waals surface area (Å²) < 4.78 is 6.55. The second-order valence-electron chi connectivity index (χ2n) is 5.29. The van der Waals surface area contributed by atoms with E-state index >= 15 is 0 Å². The third kappa shape index (κ3) is 3.87. The van der Waals surface area contributed by atoms with E-state index in [1.807, 2.05) is 0 Å². The smallest absolute Gasteiger partial charge is 0.292 e. The molecule has 3 rings (SSSR count). The topological polar surface area (TPSA) is 80.3 Å². The lowest BCUT2D eigenvalue weighted by atomic mass is 10.1. The molecule has 130 valence electrons. The Kier molecular flexibility index (Phi) is 5.43. The molecule has 1 aromatic carbocycles. The number of benzene rings is 1. The van der Waals surface area contributed by atoms with Crippen LogP contribution < -0.4 is 10.9 Å². The molecule has 2 heterocycles. The Morgan fingerprint density at radius 2 is 2.00 bits per heavy atom. The first-order valence-electron chi connectivity index (χ1n) is 7.54. The number of hydrogen-bond donors (Lipinski definition) is 2. The third-order valence-corrected chi connectivity index (χ3v) is 4.24. The molecule has 0 saturated heterocycles. The fourth-order valence-corrected chi connectivity index (χ4v) is 2.70. The maximum absolute atomic E-state index is 12.5. The first-order valence-corrected chi connectivity index (χ1v) is 8.30. The Morgan fingerprint density at radius 3 is 2.64 bits per heavy atom. The highest BCUT2D eigenvalue weighted by atomic mass is 35.5. The zero-order chi connectivity index (χ0) is 17.8. The van der Waals surface area contributed by atoms with Gasteiger partial charge in [0, 0.05) is 11.6 Å². The highest BCUT2D eigenvalue weighted by Crippen LogP contribution is 2.26. The van der Waals surface area contributed by atoms with Gasteiger partial charge in [0.1, 0.15) is 10.8 Å². The molecular formula is C17H15Cl2N3O3. The van der Waals surface area contributed by atoms with E-state index in [-0.39, 0.29) is 17.7 Å². The van der Waals surface area contributed by atoms with E-state index < -0.39 is 5.56 Å². The molecule has 1 atom stereocenters. The van der Waals surface area contributed by atoms with Crippen LogP contribution in [-0.4, -0.2) is 21.5 Å². The lowest BCUT2D eigenvalue weighted by molar-refractivity contribution is 0.273. The summed E-state index contributed by atoms with van der Waals surface area (Å²) in [7, 11) is 0. The number of nitrogens with one attached hydrogen (secondary N) is 1. The van der Waals surface area contributed by atoms with E-state index in [9.17, 15) is 9.90 Å². The van der Waals surface area contributed by atoms with Crippen LogP contribution in [0.4, 0.5) is 5.69 Å². The van der Waals surface area contributed by atoms with Crippen LogP contribution in [0.1, 0.15) is 18.2 Å². The number of aromatic nitrogens is 2. The van der Waals surface area contributed by atoms with E-state index in [0.717, 1.165) is 0 Å². The van der Waals surface area contributed by atoms with Gasteiger partial charge in [0.15, 0.2) is 0 Å². The first-order chi connectivity index (χ1) is 12.1. The van der Waals surface area contributed by atoms with Crippen molar-refractivity contribution >= 4 is 28.9 Å². The van der Waals surface area contributed by atoms with Gasteiger partial charge in [-0.3, -0.25) is 4.79 Å². The molecule has 0 fully saturated rings. The number of aliphatic hydroxyl groups is 1. The van der Waals surface area contributed by atoms with E-state index in [1.54, 1.807) is 42.7 Å². The Hall–Kier alpha value is -2.28. The number of aliphatic hydroxyl groups excluding tert-OH is 1. The van der Waals surface area contributed by atoms with Crippen LogP contribution in [0.5, 0.6) is 0 Å². The van der Waals surface area contributed by atoms with Crippen LogP contribution in [0.2, 0.25) is 10.0 Å². The van der Waals surface area contributed by atoms with Gasteiger partial charge in [-0.2, -0.15) is 9.78 Å². The van der Waals surface area contributed by atoms with Crippen LogP contribution in [0.15, 0.2) is 58.1 Å². The summed E-state index contributed by atoms with van der Waals surface area (Å²) in [5.41, 5.74) is 0.462. The Morgan fingerprint density at radius 1 is 1.24 bits per heavy atom. The predicted octanol–water partition coefficient (Wildman–Crippen LogP) is 3.67. The average Bonchev–Trinajstić information content (AvgIpc) is 3.14. The van der Waals surface area contributed by atoms with Gasteiger partial charge in [-0.15, -0.1) is 0 Å². The molecule has 0 aliphatic rings. The van der Waals surface area contributed by atoms with Gasteiger partial charge < -0.3 is 14.8 Å². The number of nitrogens with zero attached hydrogens (tertiary/aromatic N) is 2. The third-order valence-electron chi connectivity index (χ3n) is 3.62. The summed E-state index contributed by atoms with van der Waals surface area (Å²) in [6.45, 7) is -0.0503. The summed E-state index contributed by atoms with van der Waals surface area (Å²) in [4.78, 5) is 12.5. The van der Waals surface area contributed by atoms with E-state index in [2.05, 4.69) is 10.4 Å². The molecule has 0 saturated carbocycles. The van der Waals surface area contributed by atoms with Crippen LogP contribution >= 0.6 is 23.2 Å². The van der Waals surface area contributed by atoms with Crippen molar-refractivity contribution in [3.05, 3.63) is 75.0 Å². The Labute approximate surface area is 153 Å². The monoisotopic (exact) mass is 379 g/mol. The van der Waals surface area contributed by atoms with Gasteiger partial charge in [-0.05, 0) is 42.8 Å². The minimum absolute atomic E-state index is 0.000513. The van der Waals surface area contributed by atoms with E-state index in [4.69, 9.17) is 27.6 Å². The van der Waals surface area contributed by atoms with Crippen molar-refractivity contribution in [3.63, 3.8) is 0 Å². The minimum Gasteiger partial charge on any atom is -0.467 e. The van der Waals surface area contributed by atoms with Gasteiger partial charge in [-0.1, -0.05) is 23.2 Å². The molecule has 25 heavy (non-hydrogen) atoms. The normalized spacial score (nSPS) is 12.1. The highest BCUT2D eigenvalue weighted by Gasteiger charge is 2.18. The Balaban J connectivity index is 1.92. The molecule has 2 N–H and O–H groups in total. The maximum Gasteiger partial charge on any atom is 0.292 e. The fourth-order valence-electron chi connectivity index (χ4n) is 2.39. The van der Waals surface area contributed by atoms with Gasteiger partial charge in [0.05, 0.1) is 29.9 Å². The molecule has 0 aliphatic heterocycles. The highest BCUT2D eigenvalue weighted by molar-refractivity contribution is 6.33. The van der Waals surface area contributed by atoms with Crippen LogP contribution in [0.25, 0.3) is 5.69 Å². The summed E-state index contributed by atoms with van der Waals surface area (Å²) in [6, 6.07) is 9.89. The quantitative estimate of drug-likeness (QED) is 0.682. The molecule has 0 aliphatic carbocycles. The van der Waals surface area contributed by atoms with Crippen LogP contribution in [-0.2, 0) is 0 Å². The summed E-state index contributed by atoms with van der Waals surface area (Å²) in [5.74, 6) is 0.631. The molecule has 1 unspecified atom stereocenters. The molecule has 0 spiro atoms. The van der Waals surface area contributed by atoms with Crippen molar-refractivity contribution in [2.45, 2.75) is 12.5 Å². The molecule has 2 aromatic heterocycles. The van der Waals surface area contributed by atoms with Gasteiger partial charge in [0.2, 0.25) is 0 Å².